The molecule has 2 aromatic heterocycles. The van der Waals surface area contributed by atoms with Gasteiger partial charge in [-0.2, -0.15) is 9.97 Å². The maximum Gasteiger partial charge on any atom is 0.222 e. The minimum absolute atomic E-state index is 0.202. The van der Waals surface area contributed by atoms with Gasteiger partial charge in [0, 0.05) is 35.3 Å². The molecule has 2 heterocycles. The van der Waals surface area contributed by atoms with Crippen molar-refractivity contribution in [1.29, 1.82) is 0 Å². The average molecular weight is 726 g/mol. The summed E-state index contributed by atoms with van der Waals surface area (Å²) in [6.45, 7) is 0.507. The van der Waals surface area contributed by atoms with Gasteiger partial charge in [0.25, 0.3) is 0 Å². The number of ether oxygens (including phenoxy) is 2. The van der Waals surface area contributed by atoms with E-state index in [1.54, 1.807) is 60.9 Å². The predicted molar refractivity (Wildman–Crippen MR) is 198 cm³/mol. The Labute approximate surface area is 303 Å². The number of halogens is 2. The van der Waals surface area contributed by atoms with Crippen LogP contribution in [0, 0.1) is 11.8 Å². The third-order valence-electron chi connectivity index (χ3n) is 9.02. The number of anilines is 4. The smallest absolute Gasteiger partial charge is 0.222 e. The number of nitrogens with one attached hydrogen (secondary N) is 2. The molecule has 268 valence electrons. The van der Waals surface area contributed by atoms with E-state index in [-0.39, 0.29) is 31.2 Å². The molecule has 0 saturated heterocycles. The molecule has 8 N–H and O–H groups in total. The Morgan fingerprint density at radius 1 is 0.640 bits per heavy atom. The van der Waals surface area contributed by atoms with Crippen LogP contribution in [0.3, 0.4) is 0 Å². The Hall–Kier alpha value is -4.10. The molecule has 0 radical (unpaired) electrons. The van der Waals surface area contributed by atoms with Gasteiger partial charge in [-0.25, -0.2) is 9.97 Å². The Kier molecular flexibility index (Phi) is 13.9. The first kappa shape index (κ1) is 37.2. The molecule has 2 aliphatic rings. The van der Waals surface area contributed by atoms with E-state index in [9.17, 15) is 5.11 Å². The summed E-state index contributed by atoms with van der Waals surface area (Å²) in [5, 5.41) is 26.4. The number of hydrogen-bond donors (Lipinski definition) is 6. The first-order valence-corrected chi connectivity index (χ1v) is 17.9. The molecule has 2 saturated carbocycles. The van der Waals surface area contributed by atoms with E-state index in [1.165, 1.54) is 6.42 Å². The number of nitrogens with two attached hydrogens (primary N) is 2. The van der Waals surface area contributed by atoms with Crippen molar-refractivity contribution in [2.45, 2.75) is 76.3 Å². The van der Waals surface area contributed by atoms with E-state index in [1.807, 2.05) is 0 Å². The number of rotatable bonds is 12. The van der Waals surface area contributed by atoms with E-state index in [2.05, 4.69) is 30.6 Å². The first-order chi connectivity index (χ1) is 24.3. The number of nitrogens with zero attached hydrogens (tertiary/aromatic N) is 4. The fourth-order valence-electron chi connectivity index (χ4n) is 6.42. The number of aromatic nitrogens is 4. The van der Waals surface area contributed by atoms with Crippen LogP contribution < -0.4 is 31.6 Å². The van der Waals surface area contributed by atoms with Crippen molar-refractivity contribution in [3.05, 3.63) is 71.0 Å². The van der Waals surface area contributed by atoms with Crippen molar-refractivity contribution >= 4 is 46.7 Å². The van der Waals surface area contributed by atoms with Gasteiger partial charge in [0.2, 0.25) is 11.9 Å². The third-order valence-corrected chi connectivity index (χ3v) is 9.52. The normalized spacial score (nSPS) is 20.2. The second-order valence-corrected chi connectivity index (χ2v) is 13.6. The molecule has 0 spiro atoms. The molecule has 0 bridgehead atoms. The van der Waals surface area contributed by atoms with Gasteiger partial charge in [0.1, 0.15) is 11.5 Å². The molecule has 4 aromatic rings. The molecule has 2 fully saturated rings. The Bertz CT molecular complexity index is 1620. The Morgan fingerprint density at radius 2 is 1.12 bits per heavy atom. The summed E-state index contributed by atoms with van der Waals surface area (Å²) in [4.78, 5) is 16.7. The topological polar surface area (TPSA) is 187 Å². The second-order valence-electron chi connectivity index (χ2n) is 12.8. The summed E-state index contributed by atoms with van der Waals surface area (Å²) in [7, 11) is 0. The van der Waals surface area contributed by atoms with Crippen LogP contribution in [0.5, 0.6) is 23.0 Å². The second kappa shape index (κ2) is 18.8. The first-order valence-electron chi connectivity index (χ1n) is 17.1. The van der Waals surface area contributed by atoms with Crippen LogP contribution in [-0.2, 0) is 0 Å². The lowest BCUT2D eigenvalue weighted by Crippen LogP contribution is -2.28. The van der Waals surface area contributed by atoms with Crippen molar-refractivity contribution in [2.75, 3.05) is 35.3 Å². The number of aliphatic hydroxyl groups is 2. The van der Waals surface area contributed by atoms with Crippen LogP contribution in [0.15, 0.2) is 60.9 Å². The molecular weight excluding hydrogens is 679 g/mol. The van der Waals surface area contributed by atoms with Gasteiger partial charge in [-0.3, -0.25) is 0 Å². The van der Waals surface area contributed by atoms with Crippen molar-refractivity contribution in [3.8, 4) is 23.0 Å². The molecule has 2 aromatic carbocycles. The van der Waals surface area contributed by atoms with Crippen molar-refractivity contribution in [2.24, 2.45) is 11.8 Å². The zero-order valence-corrected chi connectivity index (χ0v) is 29.5. The lowest BCUT2D eigenvalue weighted by atomic mass is 9.84. The van der Waals surface area contributed by atoms with Gasteiger partial charge in [0.15, 0.2) is 23.1 Å². The standard InChI is InChI=1S/2C18H23ClN4O2/c19-13-3-7-15(8-4-13)25-16-11-21-18(20)23-17(16)22-14-5-1-12(2-6-14)9-10-24;19-13-4-6-15(7-5-13)25-16-11-21-18(20)23-17(16)22-14-3-1-2-12(10-14)8-9-24/h3-4,7-8,11-12,14,24H,1-2,5-6,9-10H2,(H3,20,21,22,23);4-7,11-12,14,24H,1-3,8-10H2,(H3,20,21,22,23)/t;12-,14+/m.1/s1. The van der Waals surface area contributed by atoms with Crippen LogP contribution in [0.2, 0.25) is 10.0 Å². The molecule has 2 atom stereocenters. The minimum atomic E-state index is 0.202. The minimum Gasteiger partial charge on any atom is -0.452 e. The maximum absolute atomic E-state index is 9.17. The molecule has 2 aliphatic carbocycles. The highest BCUT2D eigenvalue weighted by atomic mass is 35.5. The van der Waals surface area contributed by atoms with Crippen LogP contribution in [0.25, 0.3) is 0 Å². The molecular formula is C36H46Cl2N8O4. The van der Waals surface area contributed by atoms with Crippen molar-refractivity contribution in [3.63, 3.8) is 0 Å². The predicted octanol–water partition coefficient (Wildman–Crippen LogP) is 7.72. The largest absolute Gasteiger partial charge is 0.452 e. The quantitative estimate of drug-likeness (QED) is 0.0837. The van der Waals surface area contributed by atoms with Gasteiger partial charge < -0.3 is 41.8 Å². The summed E-state index contributed by atoms with van der Waals surface area (Å²) in [5.74, 6) is 5.14. The third kappa shape index (κ3) is 11.5. The van der Waals surface area contributed by atoms with Gasteiger partial charge in [0.05, 0.1) is 12.4 Å². The van der Waals surface area contributed by atoms with Gasteiger partial charge in [-0.05, 0) is 112 Å². The zero-order valence-electron chi connectivity index (χ0n) is 28.0. The van der Waals surface area contributed by atoms with Gasteiger partial charge >= 0.3 is 0 Å². The van der Waals surface area contributed by atoms with Gasteiger partial charge in [-0.1, -0.05) is 36.0 Å². The van der Waals surface area contributed by atoms with Crippen LogP contribution in [0.4, 0.5) is 23.5 Å². The number of benzene rings is 2. The highest BCUT2D eigenvalue weighted by Gasteiger charge is 2.24. The molecule has 0 aliphatic heterocycles. The molecule has 14 heteroatoms. The van der Waals surface area contributed by atoms with E-state index in [4.69, 9.17) is 49.2 Å². The SMILES string of the molecule is Nc1ncc(Oc2ccc(Cl)cc2)c(NC2CCC(CCO)CC2)n1.Nc1ncc(Oc2ccc(Cl)cc2)c(N[C@H]2CCC[C@H](CCO)C2)n1. The summed E-state index contributed by atoms with van der Waals surface area (Å²) in [6.07, 6.45) is 13.5. The monoisotopic (exact) mass is 724 g/mol. The lowest BCUT2D eigenvalue weighted by Gasteiger charge is -2.30. The fourth-order valence-corrected chi connectivity index (χ4v) is 6.67. The highest BCUT2D eigenvalue weighted by molar-refractivity contribution is 6.30. The molecule has 0 amide bonds. The summed E-state index contributed by atoms with van der Waals surface area (Å²) < 4.78 is 11.8. The van der Waals surface area contributed by atoms with E-state index in [0.29, 0.717) is 62.6 Å². The Morgan fingerprint density at radius 3 is 1.62 bits per heavy atom. The van der Waals surface area contributed by atoms with E-state index < -0.39 is 0 Å². The van der Waals surface area contributed by atoms with Crippen LogP contribution in [0.1, 0.15) is 64.2 Å². The fraction of sp³-hybridized carbons (Fsp3) is 0.444. The summed E-state index contributed by atoms with van der Waals surface area (Å²) >= 11 is 11.8. The van der Waals surface area contributed by atoms with E-state index >= 15 is 0 Å². The maximum atomic E-state index is 9.17. The lowest BCUT2D eigenvalue weighted by molar-refractivity contribution is 0.224. The van der Waals surface area contributed by atoms with E-state index in [0.717, 1.165) is 57.8 Å². The average Bonchev–Trinajstić information content (AvgIpc) is 3.11. The number of nitrogen functional groups attached to an aromatic ring is 2. The van der Waals surface area contributed by atoms with Gasteiger partial charge in [-0.15, -0.1) is 0 Å². The molecule has 6 rings (SSSR count). The molecule has 50 heavy (non-hydrogen) atoms. The van der Waals surface area contributed by atoms with Crippen LogP contribution in [-0.4, -0.2) is 55.4 Å². The molecule has 12 nitrogen and oxygen atoms in total. The molecule has 0 unspecified atom stereocenters. The summed E-state index contributed by atoms with van der Waals surface area (Å²) in [6, 6.07) is 14.8. The summed E-state index contributed by atoms with van der Waals surface area (Å²) in [5.41, 5.74) is 11.5. The number of hydrogen-bond acceptors (Lipinski definition) is 12. The zero-order chi connectivity index (χ0) is 35.3. The highest BCUT2D eigenvalue weighted by Crippen LogP contribution is 2.35. The van der Waals surface area contributed by atoms with Crippen molar-refractivity contribution in [1.82, 2.24) is 19.9 Å². The Balaban J connectivity index is 0.000000194. The number of aliphatic hydroxyl groups excluding tert-OH is 2. The van der Waals surface area contributed by atoms with Crippen molar-refractivity contribution < 1.29 is 19.7 Å². The van der Waals surface area contributed by atoms with Crippen LogP contribution >= 0.6 is 23.2 Å².